The molecule has 28 heavy (non-hydrogen) atoms. The molecule has 5 fully saturated rings. The van der Waals surface area contributed by atoms with Crippen molar-refractivity contribution >= 4 is 11.9 Å². The minimum atomic E-state index is -1.08. The van der Waals surface area contributed by atoms with Crippen molar-refractivity contribution in [1.29, 1.82) is 0 Å². The van der Waals surface area contributed by atoms with Crippen LogP contribution in [0, 0.1) is 17.3 Å². The SMILES string of the molecule is CC(=C(O)CO)C1OC(=O)C=C2C3(C)C4OC4C(O)C4C(=O)OC(C43)C3OC213. The van der Waals surface area contributed by atoms with Gasteiger partial charge in [-0.05, 0) is 12.5 Å². The third-order valence-electron chi connectivity index (χ3n) is 7.65. The largest absolute Gasteiger partial charge is 0.510 e. The van der Waals surface area contributed by atoms with Crippen molar-refractivity contribution in [3.8, 4) is 0 Å². The summed E-state index contributed by atoms with van der Waals surface area (Å²) in [7, 11) is 0. The van der Waals surface area contributed by atoms with Crippen molar-refractivity contribution in [2.24, 2.45) is 17.3 Å². The predicted molar refractivity (Wildman–Crippen MR) is 87.6 cm³/mol. The van der Waals surface area contributed by atoms with Crippen LogP contribution in [-0.4, -0.2) is 76.1 Å². The van der Waals surface area contributed by atoms with Gasteiger partial charge in [-0.1, -0.05) is 6.92 Å². The van der Waals surface area contributed by atoms with Gasteiger partial charge in [-0.2, -0.15) is 0 Å². The molecule has 6 aliphatic rings. The van der Waals surface area contributed by atoms with Gasteiger partial charge in [0.2, 0.25) is 0 Å². The Morgan fingerprint density at radius 3 is 2.68 bits per heavy atom. The van der Waals surface area contributed by atoms with E-state index >= 15 is 0 Å². The summed E-state index contributed by atoms with van der Waals surface area (Å²) in [5, 5.41) is 30.0. The van der Waals surface area contributed by atoms with Crippen molar-refractivity contribution in [2.75, 3.05) is 6.61 Å². The van der Waals surface area contributed by atoms with E-state index in [1.165, 1.54) is 6.08 Å². The van der Waals surface area contributed by atoms with Gasteiger partial charge >= 0.3 is 11.9 Å². The first-order valence-electron chi connectivity index (χ1n) is 9.41. The summed E-state index contributed by atoms with van der Waals surface area (Å²) < 4.78 is 23.0. The summed E-state index contributed by atoms with van der Waals surface area (Å²) in [5.74, 6) is -2.49. The molecular weight excluding hydrogens is 372 g/mol. The Morgan fingerprint density at radius 2 is 1.96 bits per heavy atom. The van der Waals surface area contributed by atoms with E-state index < -0.39 is 66.0 Å². The molecule has 9 heteroatoms. The normalized spacial score (nSPS) is 55.5. The highest BCUT2D eigenvalue weighted by Gasteiger charge is 2.86. The fraction of sp³-hybridized carbons (Fsp3) is 0.684. The summed E-state index contributed by atoms with van der Waals surface area (Å²) >= 11 is 0. The number of aliphatic hydroxyl groups excluding tert-OH is 3. The standard InChI is InChI=1S/C19H20O9/c1-5(6(21)4-20)14-19-7(3-8(22)25-14)18(2)10-9(11(23)13-15(18)26-13)17(24)27-12(10)16(19)28-19/h3,9-16,20-21,23H,4H2,1-2H3. The Bertz CT molecular complexity index is 892. The van der Waals surface area contributed by atoms with Crippen LogP contribution in [0.5, 0.6) is 0 Å². The van der Waals surface area contributed by atoms with Crippen LogP contribution < -0.4 is 0 Å². The Kier molecular flexibility index (Phi) is 2.90. The van der Waals surface area contributed by atoms with Crippen molar-refractivity contribution in [2.45, 2.75) is 56.1 Å². The molecule has 6 rings (SSSR count). The molecule has 0 bridgehead atoms. The number of fused-ring (bicyclic) bond motifs is 4. The summed E-state index contributed by atoms with van der Waals surface area (Å²) in [6, 6.07) is 0. The lowest BCUT2D eigenvalue weighted by Crippen LogP contribution is -2.62. The average molecular weight is 392 g/mol. The van der Waals surface area contributed by atoms with Gasteiger partial charge in [-0.3, -0.25) is 4.79 Å². The Balaban J connectivity index is 1.55. The first-order valence-corrected chi connectivity index (χ1v) is 9.41. The number of carbonyl (C=O) groups is 2. The highest BCUT2D eigenvalue weighted by molar-refractivity contribution is 5.87. The minimum absolute atomic E-state index is 0.288. The monoisotopic (exact) mass is 392 g/mol. The van der Waals surface area contributed by atoms with Crippen LogP contribution in [0.4, 0.5) is 0 Å². The summed E-state index contributed by atoms with van der Waals surface area (Å²) in [5.41, 5.74) is -0.896. The lowest BCUT2D eigenvalue weighted by atomic mass is 9.50. The summed E-state index contributed by atoms with van der Waals surface area (Å²) in [6.07, 6.45) is -2.53. The van der Waals surface area contributed by atoms with Gasteiger partial charge in [0.1, 0.15) is 30.7 Å². The number of hydrogen-bond acceptors (Lipinski definition) is 9. The smallest absolute Gasteiger partial charge is 0.331 e. The topological polar surface area (TPSA) is 138 Å². The second-order valence-corrected chi connectivity index (χ2v) is 8.74. The molecule has 10 atom stereocenters. The number of cyclic esters (lactones) is 1. The van der Waals surface area contributed by atoms with Crippen LogP contribution in [0.1, 0.15) is 13.8 Å². The molecule has 10 unspecified atom stereocenters. The lowest BCUT2D eigenvalue weighted by Gasteiger charge is -2.50. The fourth-order valence-electron chi connectivity index (χ4n) is 6.33. The van der Waals surface area contributed by atoms with E-state index in [9.17, 15) is 24.9 Å². The van der Waals surface area contributed by atoms with Crippen molar-refractivity contribution in [3.63, 3.8) is 0 Å². The van der Waals surface area contributed by atoms with Gasteiger partial charge in [0.05, 0.1) is 18.1 Å². The van der Waals surface area contributed by atoms with Crippen molar-refractivity contribution in [3.05, 3.63) is 23.0 Å². The van der Waals surface area contributed by atoms with Crippen molar-refractivity contribution in [1.82, 2.24) is 0 Å². The number of rotatable bonds is 2. The number of aliphatic hydroxyl groups is 3. The number of epoxide rings is 2. The number of carbonyl (C=O) groups excluding carboxylic acids is 2. The zero-order valence-corrected chi connectivity index (χ0v) is 15.2. The van der Waals surface area contributed by atoms with E-state index in [1.54, 1.807) is 6.92 Å². The van der Waals surface area contributed by atoms with Crippen LogP contribution in [0.25, 0.3) is 0 Å². The molecule has 0 radical (unpaired) electrons. The van der Waals surface area contributed by atoms with E-state index in [4.69, 9.17) is 18.9 Å². The van der Waals surface area contributed by atoms with Crippen molar-refractivity contribution < 1.29 is 43.9 Å². The van der Waals surface area contributed by atoms with E-state index in [0.717, 1.165) is 0 Å². The molecule has 3 saturated heterocycles. The highest BCUT2D eigenvalue weighted by atomic mass is 16.7. The van der Waals surface area contributed by atoms with E-state index in [2.05, 4.69) is 0 Å². The maximum atomic E-state index is 12.6. The van der Waals surface area contributed by atoms with Crippen LogP contribution in [-0.2, 0) is 28.5 Å². The number of ether oxygens (including phenoxy) is 4. The van der Waals surface area contributed by atoms with Crippen LogP contribution in [0.15, 0.2) is 23.0 Å². The number of esters is 2. The lowest BCUT2D eigenvalue weighted by molar-refractivity contribution is -0.149. The second-order valence-electron chi connectivity index (χ2n) is 8.74. The summed E-state index contributed by atoms with van der Waals surface area (Å²) in [6.45, 7) is 2.89. The van der Waals surface area contributed by atoms with E-state index in [-0.39, 0.29) is 23.4 Å². The first-order chi connectivity index (χ1) is 13.3. The zero-order chi connectivity index (χ0) is 19.7. The minimum Gasteiger partial charge on any atom is -0.510 e. The zero-order valence-electron chi connectivity index (χ0n) is 15.2. The maximum Gasteiger partial charge on any atom is 0.331 e. The maximum absolute atomic E-state index is 12.6. The third kappa shape index (κ3) is 1.61. The molecule has 0 aromatic carbocycles. The molecule has 2 aliphatic carbocycles. The molecular formula is C19H20O9. The quantitative estimate of drug-likeness (QED) is 0.311. The Labute approximate surface area is 159 Å². The molecule has 1 spiro atoms. The molecule has 0 amide bonds. The molecule has 150 valence electrons. The molecule has 0 aromatic rings. The van der Waals surface area contributed by atoms with E-state index in [1.807, 2.05) is 6.92 Å². The third-order valence-corrected chi connectivity index (χ3v) is 7.65. The van der Waals surface area contributed by atoms with Gasteiger partial charge in [0, 0.05) is 23.0 Å². The molecule has 2 saturated carbocycles. The van der Waals surface area contributed by atoms with E-state index in [0.29, 0.717) is 5.57 Å². The Hall–Kier alpha value is -1.94. The fourth-order valence-corrected chi connectivity index (χ4v) is 6.33. The van der Waals surface area contributed by atoms with Gasteiger partial charge < -0.3 is 34.3 Å². The molecule has 0 aromatic heterocycles. The Morgan fingerprint density at radius 1 is 1.21 bits per heavy atom. The average Bonchev–Trinajstić information content (AvgIpc) is 3.56. The molecule has 4 aliphatic heterocycles. The van der Waals surface area contributed by atoms with Crippen LogP contribution in [0.2, 0.25) is 0 Å². The molecule has 9 nitrogen and oxygen atoms in total. The molecule has 4 heterocycles. The number of hydrogen-bond donors (Lipinski definition) is 3. The summed E-state index contributed by atoms with van der Waals surface area (Å²) in [4.78, 5) is 25.0. The highest BCUT2D eigenvalue weighted by Crippen LogP contribution is 2.73. The predicted octanol–water partition coefficient (Wildman–Crippen LogP) is -0.880. The second kappa shape index (κ2) is 4.79. The molecule has 3 N–H and O–H groups in total. The first kappa shape index (κ1) is 17.0. The van der Waals surface area contributed by atoms with Gasteiger partial charge in [-0.15, -0.1) is 0 Å². The van der Waals surface area contributed by atoms with Gasteiger partial charge in [0.15, 0.2) is 11.7 Å². The van der Waals surface area contributed by atoms with Crippen LogP contribution >= 0.6 is 0 Å². The van der Waals surface area contributed by atoms with Crippen LogP contribution in [0.3, 0.4) is 0 Å². The van der Waals surface area contributed by atoms with Gasteiger partial charge in [-0.25, -0.2) is 4.79 Å². The van der Waals surface area contributed by atoms with Gasteiger partial charge in [0.25, 0.3) is 0 Å².